The topological polar surface area (TPSA) is 77.5 Å². The van der Waals surface area contributed by atoms with Crippen molar-refractivity contribution in [2.75, 3.05) is 13.1 Å². The summed E-state index contributed by atoms with van der Waals surface area (Å²) in [4.78, 5) is 11.9. The normalized spacial score (nSPS) is 16.3. The molecule has 0 radical (unpaired) electrons. The predicted molar refractivity (Wildman–Crippen MR) is 96.4 cm³/mol. The molecule has 1 aliphatic rings. The molecular weight excluding hydrogens is 358 g/mol. The Labute approximate surface area is 151 Å². The van der Waals surface area contributed by atoms with Crippen LogP contribution in [-0.2, 0) is 14.8 Å². The van der Waals surface area contributed by atoms with E-state index in [9.17, 15) is 18.3 Å². The van der Waals surface area contributed by atoms with Crippen molar-refractivity contribution in [3.8, 4) is 0 Å². The second-order valence-corrected chi connectivity index (χ2v) is 9.23. The van der Waals surface area contributed by atoms with Crippen LogP contribution in [0.4, 0.5) is 0 Å². The van der Waals surface area contributed by atoms with E-state index in [0.29, 0.717) is 18.0 Å². The van der Waals surface area contributed by atoms with Crippen molar-refractivity contribution >= 4 is 39.0 Å². The number of rotatable bonds is 5. The molecule has 5 nitrogen and oxygen atoms in total. The van der Waals surface area contributed by atoms with E-state index in [1.807, 2.05) is 31.2 Å². The molecule has 0 amide bonds. The van der Waals surface area contributed by atoms with Gasteiger partial charge in [-0.3, -0.25) is 0 Å². The molecule has 2 aromatic rings. The van der Waals surface area contributed by atoms with Crippen LogP contribution in [0.25, 0.3) is 11.6 Å². The summed E-state index contributed by atoms with van der Waals surface area (Å²) in [5.41, 5.74) is 1.78. The fraction of sp³-hybridized carbons (Fsp3) is 0.278. The van der Waals surface area contributed by atoms with E-state index in [2.05, 4.69) is 0 Å². The van der Waals surface area contributed by atoms with Gasteiger partial charge in [0.25, 0.3) is 10.0 Å². The first-order chi connectivity index (χ1) is 11.9. The molecule has 1 aliphatic heterocycles. The number of carbonyl (C=O) groups excluding carboxylic acids is 1. The molecule has 0 bridgehead atoms. The zero-order valence-corrected chi connectivity index (χ0v) is 15.4. The molecular formula is C18H18NO4S2-. The van der Waals surface area contributed by atoms with E-state index in [1.165, 1.54) is 22.5 Å². The highest BCUT2D eigenvalue weighted by Crippen LogP contribution is 2.31. The number of hydrogen-bond acceptors (Lipinski definition) is 5. The Bertz CT molecular complexity index is 905. The molecule has 0 atom stereocenters. The summed E-state index contributed by atoms with van der Waals surface area (Å²) in [6, 6.07) is 10.4. The smallest absolute Gasteiger partial charge is 0.252 e. The molecule has 0 aliphatic carbocycles. The predicted octanol–water partition coefficient (Wildman–Crippen LogP) is 2.13. The third-order valence-corrected chi connectivity index (χ3v) is 7.60. The summed E-state index contributed by atoms with van der Waals surface area (Å²) < 4.78 is 26.8. The lowest BCUT2D eigenvalue weighted by Crippen LogP contribution is -2.27. The molecule has 0 saturated carbocycles. The highest BCUT2D eigenvalue weighted by atomic mass is 32.2. The minimum absolute atomic E-state index is 0.0169. The molecule has 7 heteroatoms. The number of aryl methyl sites for hydroxylation is 1. The lowest BCUT2D eigenvalue weighted by molar-refractivity contribution is -0.295. The fourth-order valence-corrected chi connectivity index (χ4v) is 5.70. The average Bonchev–Trinajstić information content (AvgIpc) is 3.26. The summed E-state index contributed by atoms with van der Waals surface area (Å²) in [6.07, 6.45) is 3.22. The summed E-state index contributed by atoms with van der Waals surface area (Å²) in [5, 5.41) is 11.6. The minimum atomic E-state index is -3.54. The molecule has 1 aromatic heterocycles. The Morgan fingerprint density at radius 2 is 1.76 bits per heavy atom. The minimum Gasteiger partial charge on any atom is -0.545 e. The molecule has 1 aromatic carbocycles. The first-order valence-electron chi connectivity index (χ1n) is 7.98. The van der Waals surface area contributed by atoms with Gasteiger partial charge in [0.05, 0.1) is 5.97 Å². The van der Waals surface area contributed by atoms with Crippen molar-refractivity contribution in [3.63, 3.8) is 0 Å². The van der Waals surface area contributed by atoms with Gasteiger partial charge in [0, 0.05) is 23.5 Å². The SMILES string of the molecule is Cc1ccc(/C=C(\C(=O)[O-])c2ccc(S(=O)(=O)N3CCCC3)s2)cc1. The number of sulfonamides is 1. The molecule has 2 heterocycles. The first-order valence-corrected chi connectivity index (χ1v) is 10.2. The van der Waals surface area contributed by atoms with Crippen LogP contribution in [0.5, 0.6) is 0 Å². The maximum absolute atomic E-state index is 12.6. The van der Waals surface area contributed by atoms with Crippen LogP contribution in [0.1, 0.15) is 28.8 Å². The lowest BCUT2D eigenvalue weighted by Gasteiger charge is -2.13. The van der Waals surface area contributed by atoms with Gasteiger partial charge in [-0.25, -0.2) is 8.42 Å². The fourth-order valence-electron chi connectivity index (χ4n) is 2.72. The molecule has 25 heavy (non-hydrogen) atoms. The van der Waals surface area contributed by atoms with E-state index >= 15 is 0 Å². The van der Waals surface area contributed by atoms with Crippen LogP contribution in [0.2, 0.25) is 0 Å². The van der Waals surface area contributed by atoms with Crippen LogP contribution in [-0.4, -0.2) is 31.8 Å². The second kappa shape index (κ2) is 7.11. The Balaban J connectivity index is 1.95. The van der Waals surface area contributed by atoms with Gasteiger partial charge in [-0.05, 0) is 43.5 Å². The molecule has 3 rings (SSSR count). The third kappa shape index (κ3) is 3.84. The highest BCUT2D eigenvalue weighted by Gasteiger charge is 2.28. The van der Waals surface area contributed by atoms with E-state index in [-0.39, 0.29) is 9.78 Å². The van der Waals surface area contributed by atoms with Gasteiger partial charge in [0.15, 0.2) is 0 Å². The van der Waals surface area contributed by atoms with Crippen LogP contribution < -0.4 is 5.11 Å². The van der Waals surface area contributed by atoms with Crippen molar-refractivity contribution in [1.82, 2.24) is 4.31 Å². The third-order valence-electron chi connectivity index (χ3n) is 4.11. The molecule has 1 fully saturated rings. The van der Waals surface area contributed by atoms with Crippen molar-refractivity contribution in [1.29, 1.82) is 0 Å². The Kier molecular flexibility index (Phi) is 5.08. The van der Waals surface area contributed by atoms with Gasteiger partial charge in [-0.15, -0.1) is 11.3 Å². The summed E-state index contributed by atoms with van der Waals surface area (Å²) in [6.45, 7) is 2.98. The summed E-state index contributed by atoms with van der Waals surface area (Å²) in [7, 11) is -3.54. The van der Waals surface area contributed by atoms with Crippen molar-refractivity contribution in [2.45, 2.75) is 24.0 Å². The molecule has 1 saturated heterocycles. The average molecular weight is 376 g/mol. The highest BCUT2D eigenvalue weighted by molar-refractivity contribution is 7.91. The van der Waals surface area contributed by atoms with Crippen LogP contribution in [0, 0.1) is 6.92 Å². The number of benzene rings is 1. The number of thiophene rings is 1. The molecule has 132 valence electrons. The first kappa shape index (κ1) is 17.8. The number of carboxylic acid groups (broad SMARTS) is 1. The number of carboxylic acids is 1. The van der Waals surface area contributed by atoms with Crippen LogP contribution in [0.3, 0.4) is 0 Å². The van der Waals surface area contributed by atoms with Gasteiger partial charge in [0.2, 0.25) is 0 Å². The van der Waals surface area contributed by atoms with Crippen molar-refractivity contribution in [3.05, 3.63) is 52.4 Å². The van der Waals surface area contributed by atoms with Crippen molar-refractivity contribution < 1.29 is 18.3 Å². The maximum atomic E-state index is 12.6. The van der Waals surface area contributed by atoms with Gasteiger partial charge in [-0.1, -0.05) is 29.8 Å². The van der Waals surface area contributed by atoms with Crippen molar-refractivity contribution in [2.24, 2.45) is 0 Å². The number of nitrogens with zero attached hydrogens (tertiary/aromatic N) is 1. The number of aliphatic carboxylic acids is 1. The van der Waals surface area contributed by atoms with Gasteiger partial charge in [-0.2, -0.15) is 4.31 Å². The number of hydrogen-bond donors (Lipinski definition) is 0. The summed E-state index contributed by atoms with van der Waals surface area (Å²) in [5.74, 6) is -1.33. The quantitative estimate of drug-likeness (QED) is 0.749. The maximum Gasteiger partial charge on any atom is 0.252 e. The van der Waals surface area contributed by atoms with Gasteiger partial charge >= 0.3 is 0 Å². The van der Waals surface area contributed by atoms with Gasteiger partial charge in [0.1, 0.15) is 4.21 Å². The zero-order valence-electron chi connectivity index (χ0n) is 13.8. The Hall–Kier alpha value is -1.96. The van der Waals surface area contributed by atoms with Crippen LogP contribution in [0.15, 0.2) is 40.6 Å². The van der Waals surface area contributed by atoms with E-state index in [0.717, 1.165) is 35.3 Å². The molecule has 0 spiro atoms. The largest absolute Gasteiger partial charge is 0.545 e. The van der Waals surface area contributed by atoms with Crippen LogP contribution >= 0.6 is 11.3 Å². The molecule has 0 unspecified atom stereocenters. The summed E-state index contributed by atoms with van der Waals surface area (Å²) >= 11 is 0.967. The Morgan fingerprint density at radius 1 is 1.12 bits per heavy atom. The second-order valence-electron chi connectivity index (χ2n) is 5.99. The van der Waals surface area contributed by atoms with E-state index in [1.54, 1.807) is 0 Å². The van der Waals surface area contributed by atoms with E-state index in [4.69, 9.17) is 0 Å². The molecule has 0 N–H and O–H groups in total. The Morgan fingerprint density at radius 3 is 2.36 bits per heavy atom. The monoisotopic (exact) mass is 376 g/mol. The lowest BCUT2D eigenvalue weighted by atomic mass is 10.1. The van der Waals surface area contributed by atoms with Gasteiger partial charge < -0.3 is 9.90 Å². The standard InChI is InChI=1S/C18H19NO4S2/c1-13-4-6-14(7-5-13)12-15(18(20)21)16-8-9-17(24-16)25(22,23)19-10-2-3-11-19/h4-9,12H,2-3,10-11H2,1H3,(H,20,21)/p-1/b15-12-. The zero-order chi connectivity index (χ0) is 18.0. The van der Waals surface area contributed by atoms with E-state index < -0.39 is 16.0 Å². The number of carbonyl (C=O) groups is 1.